The van der Waals surface area contributed by atoms with Crippen LogP contribution in [0.5, 0.6) is 0 Å². The van der Waals surface area contributed by atoms with Gasteiger partial charge < -0.3 is 0 Å². The number of hydrogen-bond donors (Lipinski definition) is 0. The van der Waals surface area contributed by atoms with Crippen LogP contribution in [0.3, 0.4) is 0 Å². The number of aldehydes is 1. The second-order valence-corrected chi connectivity index (χ2v) is 3.30. The van der Waals surface area contributed by atoms with Crippen LogP contribution in [0.2, 0.25) is 0 Å². The van der Waals surface area contributed by atoms with Gasteiger partial charge in [-0.15, -0.1) is 0 Å². The SMILES string of the molecule is CC(=CC=O)c1ccc(C)cc1C. The van der Waals surface area contributed by atoms with Gasteiger partial charge in [-0.05, 0) is 43.5 Å². The topological polar surface area (TPSA) is 17.1 Å². The van der Waals surface area contributed by atoms with Crippen LogP contribution in [-0.2, 0) is 4.79 Å². The van der Waals surface area contributed by atoms with Crippen LogP contribution in [0, 0.1) is 13.8 Å². The summed E-state index contributed by atoms with van der Waals surface area (Å²) >= 11 is 0. The van der Waals surface area contributed by atoms with Gasteiger partial charge in [-0.1, -0.05) is 23.8 Å². The predicted molar refractivity (Wildman–Crippen MR) is 55.6 cm³/mol. The summed E-state index contributed by atoms with van der Waals surface area (Å²) in [4.78, 5) is 10.3. The summed E-state index contributed by atoms with van der Waals surface area (Å²) in [6, 6.07) is 6.24. The average Bonchev–Trinajstić information content (AvgIpc) is 2.04. The maximum Gasteiger partial charge on any atom is 0.143 e. The molecule has 0 aliphatic heterocycles. The Morgan fingerprint density at radius 1 is 1.31 bits per heavy atom. The Balaban J connectivity index is 3.15. The Morgan fingerprint density at radius 2 is 2.00 bits per heavy atom. The number of hydrogen-bond acceptors (Lipinski definition) is 1. The Bertz CT molecular complexity index is 348. The predicted octanol–water partition coefficient (Wildman–Crippen LogP) is 2.91. The molecule has 0 N–H and O–H groups in total. The quantitative estimate of drug-likeness (QED) is 0.497. The molecule has 0 saturated carbocycles. The molecule has 1 rings (SSSR count). The second-order valence-electron chi connectivity index (χ2n) is 3.30. The van der Waals surface area contributed by atoms with Gasteiger partial charge in [-0.3, -0.25) is 4.79 Å². The minimum Gasteiger partial charge on any atom is -0.299 e. The summed E-state index contributed by atoms with van der Waals surface area (Å²) in [5.74, 6) is 0. The van der Waals surface area contributed by atoms with E-state index in [2.05, 4.69) is 32.0 Å². The van der Waals surface area contributed by atoms with Crippen molar-refractivity contribution in [3.05, 3.63) is 41.0 Å². The van der Waals surface area contributed by atoms with Gasteiger partial charge in [0, 0.05) is 0 Å². The first kappa shape index (κ1) is 9.72. The van der Waals surface area contributed by atoms with E-state index in [1.54, 1.807) is 6.08 Å². The van der Waals surface area contributed by atoms with Crippen molar-refractivity contribution in [2.45, 2.75) is 20.8 Å². The molecular formula is C12H14O. The van der Waals surface area contributed by atoms with Crippen molar-refractivity contribution >= 4 is 11.9 Å². The molecule has 0 bridgehead atoms. The molecule has 0 aliphatic rings. The lowest BCUT2D eigenvalue weighted by molar-refractivity contribution is -0.104. The molecule has 13 heavy (non-hydrogen) atoms. The molecular weight excluding hydrogens is 160 g/mol. The molecule has 1 aromatic rings. The normalized spacial score (nSPS) is 11.5. The van der Waals surface area contributed by atoms with Gasteiger partial charge in [-0.25, -0.2) is 0 Å². The van der Waals surface area contributed by atoms with Crippen LogP contribution in [-0.4, -0.2) is 6.29 Å². The van der Waals surface area contributed by atoms with E-state index in [4.69, 9.17) is 0 Å². The molecule has 0 unspecified atom stereocenters. The number of carbonyl (C=O) groups excluding carboxylic acids is 1. The van der Waals surface area contributed by atoms with Crippen molar-refractivity contribution < 1.29 is 4.79 Å². The summed E-state index contributed by atoms with van der Waals surface area (Å²) in [6.45, 7) is 6.08. The van der Waals surface area contributed by atoms with Crippen LogP contribution in [0.1, 0.15) is 23.6 Å². The second kappa shape index (κ2) is 4.04. The van der Waals surface area contributed by atoms with Gasteiger partial charge in [0.25, 0.3) is 0 Å². The van der Waals surface area contributed by atoms with E-state index in [0.29, 0.717) is 0 Å². The van der Waals surface area contributed by atoms with Crippen molar-refractivity contribution in [2.24, 2.45) is 0 Å². The van der Waals surface area contributed by atoms with Crippen molar-refractivity contribution in [1.82, 2.24) is 0 Å². The number of aryl methyl sites for hydroxylation is 2. The van der Waals surface area contributed by atoms with Gasteiger partial charge in [0.2, 0.25) is 0 Å². The minimum atomic E-state index is 0.828. The lowest BCUT2D eigenvalue weighted by Crippen LogP contribution is -1.87. The van der Waals surface area contributed by atoms with E-state index in [1.807, 2.05) is 6.92 Å². The number of rotatable bonds is 2. The molecule has 0 atom stereocenters. The minimum absolute atomic E-state index is 0.828. The average molecular weight is 174 g/mol. The number of carbonyl (C=O) groups is 1. The van der Waals surface area contributed by atoms with Gasteiger partial charge in [0.05, 0.1) is 0 Å². The zero-order valence-electron chi connectivity index (χ0n) is 8.29. The lowest BCUT2D eigenvalue weighted by atomic mass is 10.00. The molecule has 0 amide bonds. The standard InChI is InChI=1S/C12H14O/c1-9-4-5-12(11(3)8-9)10(2)6-7-13/h4-8H,1-3H3. The third-order valence-corrected chi connectivity index (χ3v) is 2.12. The largest absolute Gasteiger partial charge is 0.299 e. The van der Waals surface area contributed by atoms with Crippen LogP contribution >= 0.6 is 0 Å². The highest BCUT2D eigenvalue weighted by Gasteiger charge is 1.99. The Morgan fingerprint density at radius 3 is 2.54 bits per heavy atom. The molecule has 0 heterocycles. The molecule has 1 nitrogen and oxygen atoms in total. The Kier molecular flexibility index (Phi) is 3.02. The molecule has 1 heteroatoms. The van der Waals surface area contributed by atoms with Crippen molar-refractivity contribution in [3.63, 3.8) is 0 Å². The zero-order chi connectivity index (χ0) is 9.84. The highest BCUT2D eigenvalue weighted by molar-refractivity contribution is 5.81. The first-order valence-electron chi connectivity index (χ1n) is 4.35. The Hall–Kier alpha value is -1.37. The van der Waals surface area contributed by atoms with Crippen LogP contribution < -0.4 is 0 Å². The molecule has 0 spiro atoms. The highest BCUT2D eigenvalue weighted by Crippen LogP contribution is 2.18. The fourth-order valence-electron chi connectivity index (χ4n) is 1.45. The van der Waals surface area contributed by atoms with Gasteiger partial charge in [-0.2, -0.15) is 0 Å². The smallest absolute Gasteiger partial charge is 0.143 e. The van der Waals surface area contributed by atoms with Crippen molar-refractivity contribution in [3.8, 4) is 0 Å². The zero-order valence-corrected chi connectivity index (χ0v) is 8.29. The molecule has 68 valence electrons. The summed E-state index contributed by atoms with van der Waals surface area (Å²) in [5.41, 5.74) is 4.64. The van der Waals surface area contributed by atoms with E-state index in [0.717, 1.165) is 17.4 Å². The van der Waals surface area contributed by atoms with Crippen molar-refractivity contribution in [2.75, 3.05) is 0 Å². The summed E-state index contributed by atoms with van der Waals surface area (Å²) < 4.78 is 0. The van der Waals surface area contributed by atoms with E-state index in [9.17, 15) is 4.79 Å². The fraction of sp³-hybridized carbons (Fsp3) is 0.250. The van der Waals surface area contributed by atoms with E-state index in [1.165, 1.54) is 11.1 Å². The molecule has 0 aromatic heterocycles. The summed E-state index contributed by atoms with van der Waals surface area (Å²) in [6.07, 6.45) is 2.42. The molecule has 0 fully saturated rings. The summed E-state index contributed by atoms with van der Waals surface area (Å²) in [7, 11) is 0. The van der Waals surface area contributed by atoms with Crippen molar-refractivity contribution in [1.29, 1.82) is 0 Å². The fourth-order valence-corrected chi connectivity index (χ4v) is 1.45. The van der Waals surface area contributed by atoms with Gasteiger partial charge in [0.1, 0.15) is 6.29 Å². The number of allylic oxidation sites excluding steroid dienone is 2. The molecule has 0 radical (unpaired) electrons. The molecule has 1 aromatic carbocycles. The maximum absolute atomic E-state index is 10.3. The van der Waals surface area contributed by atoms with Gasteiger partial charge in [0.15, 0.2) is 0 Å². The first-order valence-corrected chi connectivity index (χ1v) is 4.35. The van der Waals surface area contributed by atoms with Crippen LogP contribution in [0.4, 0.5) is 0 Å². The lowest BCUT2D eigenvalue weighted by Gasteiger charge is -2.05. The van der Waals surface area contributed by atoms with E-state index >= 15 is 0 Å². The summed E-state index contributed by atoms with van der Waals surface area (Å²) in [5, 5.41) is 0. The third kappa shape index (κ3) is 2.28. The van der Waals surface area contributed by atoms with Crippen LogP contribution in [0.15, 0.2) is 24.3 Å². The van der Waals surface area contributed by atoms with Gasteiger partial charge >= 0.3 is 0 Å². The van der Waals surface area contributed by atoms with E-state index < -0.39 is 0 Å². The number of benzene rings is 1. The monoisotopic (exact) mass is 174 g/mol. The van der Waals surface area contributed by atoms with E-state index in [-0.39, 0.29) is 0 Å². The maximum atomic E-state index is 10.3. The molecule has 0 aliphatic carbocycles. The first-order chi connectivity index (χ1) is 6.15. The Labute approximate surface area is 79.1 Å². The van der Waals surface area contributed by atoms with Crippen LogP contribution in [0.25, 0.3) is 5.57 Å². The third-order valence-electron chi connectivity index (χ3n) is 2.12. The molecule has 0 saturated heterocycles. The highest BCUT2D eigenvalue weighted by atomic mass is 16.1.